The molecule has 1 aromatic rings. The van der Waals surface area contributed by atoms with Crippen LogP contribution in [0.3, 0.4) is 0 Å². The Bertz CT molecular complexity index is 615. The third kappa shape index (κ3) is 1.13. The van der Waals surface area contributed by atoms with Crippen LogP contribution in [0.4, 0.5) is 0 Å². The molecule has 1 aromatic carbocycles. The second-order valence-electron chi connectivity index (χ2n) is 5.40. The maximum Gasteiger partial charge on any atom is 0.175 e. The average molecular weight is 246 g/mol. The zero-order valence-corrected chi connectivity index (χ0v) is 10.2. The summed E-state index contributed by atoms with van der Waals surface area (Å²) in [5.74, 6) is 1.04. The largest absolute Gasteiger partial charge is 0.224 e. The van der Waals surface area contributed by atoms with Gasteiger partial charge in [-0.1, -0.05) is 30.3 Å². The van der Waals surface area contributed by atoms with E-state index in [1.807, 2.05) is 12.1 Å². The van der Waals surface area contributed by atoms with E-state index in [1.165, 1.54) is 16.5 Å². The lowest BCUT2D eigenvalue weighted by Crippen LogP contribution is -2.35. The average Bonchev–Trinajstić information content (AvgIpc) is 2.86. The number of allylic oxidation sites excluding steroid dienone is 1. The Morgan fingerprint density at radius 1 is 1.06 bits per heavy atom. The van der Waals surface area contributed by atoms with Crippen LogP contribution in [0, 0.1) is 5.92 Å². The normalized spacial score (nSPS) is 40.0. The highest BCUT2D eigenvalue weighted by Crippen LogP contribution is 2.60. The maximum absolute atomic E-state index is 12.2. The molecule has 0 radical (unpaired) electrons. The van der Waals surface area contributed by atoms with Crippen LogP contribution in [-0.2, 0) is 9.84 Å². The van der Waals surface area contributed by atoms with Crippen LogP contribution in [0.2, 0.25) is 0 Å². The van der Waals surface area contributed by atoms with Gasteiger partial charge in [0.1, 0.15) is 0 Å². The highest BCUT2D eigenvalue weighted by Gasteiger charge is 2.55. The lowest BCUT2D eigenvalue weighted by Gasteiger charge is -2.33. The van der Waals surface area contributed by atoms with E-state index in [2.05, 4.69) is 18.2 Å². The van der Waals surface area contributed by atoms with Gasteiger partial charge in [0.05, 0.1) is 5.25 Å². The van der Waals surface area contributed by atoms with E-state index in [4.69, 9.17) is 0 Å². The molecule has 1 heterocycles. The molecule has 3 heteroatoms. The Balaban J connectivity index is 1.93. The molecule has 4 rings (SSSR count). The van der Waals surface area contributed by atoms with Gasteiger partial charge < -0.3 is 0 Å². The highest BCUT2D eigenvalue weighted by molar-refractivity contribution is 7.95. The van der Waals surface area contributed by atoms with Crippen LogP contribution in [-0.4, -0.2) is 13.7 Å². The minimum atomic E-state index is -3.01. The Labute approximate surface area is 101 Å². The van der Waals surface area contributed by atoms with Gasteiger partial charge in [-0.05, 0) is 35.8 Å². The van der Waals surface area contributed by atoms with E-state index in [0.717, 1.165) is 12.8 Å². The molecule has 0 spiro atoms. The minimum absolute atomic E-state index is 0.146. The van der Waals surface area contributed by atoms with Crippen molar-refractivity contribution in [3.8, 4) is 0 Å². The van der Waals surface area contributed by atoms with E-state index in [1.54, 1.807) is 0 Å². The number of benzene rings is 1. The highest BCUT2D eigenvalue weighted by atomic mass is 32.2. The first kappa shape index (κ1) is 9.89. The van der Waals surface area contributed by atoms with Gasteiger partial charge in [0.2, 0.25) is 0 Å². The molecule has 17 heavy (non-hydrogen) atoms. The third-order valence-corrected chi connectivity index (χ3v) is 6.72. The van der Waals surface area contributed by atoms with Gasteiger partial charge in [-0.3, -0.25) is 0 Å². The van der Waals surface area contributed by atoms with Gasteiger partial charge in [0.25, 0.3) is 0 Å². The van der Waals surface area contributed by atoms with Crippen LogP contribution in [0.25, 0.3) is 0 Å². The predicted molar refractivity (Wildman–Crippen MR) is 66.5 cm³/mol. The molecular formula is C14H14O2S. The van der Waals surface area contributed by atoms with Crippen LogP contribution < -0.4 is 0 Å². The Hall–Kier alpha value is -1.09. The molecule has 2 nitrogen and oxygen atoms in total. The van der Waals surface area contributed by atoms with Crippen molar-refractivity contribution in [1.82, 2.24) is 0 Å². The Kier molecular flexibility index (Phi) is 1.76. The van der Waals surface area contributed by atoms with E-state index in [0.29, 0.717) is 11.8 Å². The second kappa shape index (κ2) is 3.02. The topological polar surface area (TPSA) is 34.1 Å². The van der Waals surface area contributed by atoms with Crippen molar-refractivity contribution < 1.29 is 8.42 Å². The molecule has 0 amide bonds. The zero-order chi connectivity index (χ0) is 11.6. The molecule has 0 saturated heterocycles. The van der Waals surface area contributed by atoms with Gasteiger partial charge in [-0.25, -0.2) is 8.42 Å². The second-order valence-corrected chi connectivity index (χ2v) is 7.40. The number of hydrogen-bond acceptors (Lipinski definition) is 2. The number of fused-ring (bicyclic) bond motifs is 8. The molecule has 4 atom stereocenters. The molecule has 88 valence electrons. The van der Waals surface area contributed by atoms with Crippen LogP contribution in [0.1, 0.15) is 35.8 Å². The number of hydrogen-bond donors (Lipinski definition) is 0. The summed E-state index contributed by atoms with van der Waals surface area (Å²) in [6.45, 7) is 0. The lowest BCUT2D eigenvalue weighted by atomic mass is 9.81. The van der Waals surface area contributed by atoms with Crippen molar-refractivity contribution in [3.63, 3.8) is 0 Å². The standard InChI is InChI=1S/C14H14O2S/c15-17(16)7-3-6-11-12-8-13(14(11)17)10-5-2-1-4-9(10)12/h1-5,7,11-14H,6,8H2. The molecule has 2 bridgehead atoms. The molecular weight excluding hydrogens is 232 g/mol. The van der Waals surface area contributed by atoms with Crippen molar-refractivity contribution in [1.29, 1.82) is 0 Å². The van der Waals surface area contributed by atoms with E-state index < -0.39 is 9.84 Å². The first-order valence-corrected chi connectivity index (χ1v) is 7.79. The molecule has 3 aliphatic rings. The van der Waals surface area contributed by atoms with E-state index in [9.17, 15) is 8.42 Å². The number of sulfone groups is 1. The fourth-order valence-corrected chi connectivity index (χ4v) is 6.23. The molecule has 0 aromatic heterocycles. The Morgan fingerprint density at radius 3 is 2.53 bits per heavy atom. The van der Waals surface area contributed by atoms with E-state index in [-0.39, 0.29) is 11.2 Å². The predicted octanol–water partition coefficient (Wildman–Crippen LogP) is 2.59. The fourth-order valence-electron chi connectivity index (χ4n) is 4.17. The molecule has 2 aliphatic carbocycles. The molecule has 1 saturated carbocycles. The Morgan fingerprint density at radius 2 is 1.76 bits per heavy atom. The summed E-state index contributed by atoms with van der Waals surface area (Å²) in [5, 5.41) is 1.30. The quantitative estimate of drug-likeness (QED) is 0.705. The van der Waals surface area contributed by atoms with Gasteiger partial charge in [0.15, 0.2) is 9.84 Å². The van der Waals surface area contributed by atoms with Crippen molar-refractivity contribution in [2.24, 2.45) is 5.92 Å². The SMILES string of the molecule is O=S1(=O)C=CCC2C3CC(c4ccccc43)C21. The molecule has 4 unspecified atom stereocenters. The summed E-state index contributed by atoms with van der Waals surface area (Å²) < 4.78 is 24.4. The van der Waals surface area contributed by atoms with Crippen molar-refractivity contribution in [2.45, 2.75) is 29.9 Å². The summed E-state index contributed by atoms with van der Waals surface area (Å²) >= 11 is 0. The summed E-state index contributed by atoms with van der Waals surface area (Å²) in [4.78, 5) is 0. The molecule has 1 aliphatic heterocycles. The lowest BCUT2D eigenvalue weighted by molar-refractivity contribution is 0.457. The first-order valence-electron chi connectivity index (χ1n) is 6.18. The van der Waals surface area contributed by atoms with E-state index >= 15 is 0 Å². The summed E-state index contributed by atoms with van der Waals surface area (Å²) in [7, 11) is -3.01. The third-order valence-electron chi connectivity index (χ3n) is 4.71. The smallest absolute Gasteiger partial charge is 0.175 e. The first-order chi connectivity index (χ1) is 8.18. The van der Waals surface area contributed by atoms with Crippen molar-refractivity contribution >= 4 is 9.84 Å². The maximum atomic E-state index is 12.2. The van der Waals surface area contributed by atoms with Crippen LogP contribution in [0.15, 0.2) is 35.7 Å². The zero-order valence-electron chi connectivity index (χ0n) is 9.41. The van der Waals surface area contributed by atoms with Crippen LogP contribution >= 0.6 is 0 Å². The van der Waals surface area contributed by atoms with Gasteiger partial charge in [-0.15, -0.1) is 0 Å². The summed E-state index contributed by atoms with van der Waals surface area (Å²) in [6.07, 6.45) is 3.81. The monoisotopic (exact) mass is 246 g/mol. The minimum Gasteiger partial charge on any atom is -0.224 e. The van der Waals surface area contributed by atoms with Gasteiger partial charge in [-0.2, -0.15) is 0 Å². The van der Waals surface area contributed by atoms with Crippen LogP contribution in [0.5, 0.6) is 0 Å². The van der Waals surface area contributed by atoms with Gasteiger partial charge in [0, 0.05) is 11.3 Å². The summed E-state index contributed by atoms with van der Waals surface area (Å²) in [5.41, 5.74) is 2.70. The number of rotatable bonds is 0. The molecule has 0 N–H and O–H groups in total. The fraction of sp³-hybridized carbons (Fsp3) is 0.429. The molecule has 1 fully saturated rings. The summed E-state index contributed by atoms with van der Waals surface area (Å²) in [6, 6.07) is 8.40. The van der Waals surface area contributed by atoms with Crippen molar-refractivity contribution in [3.05, 3.63) is 46.9 Å². The van der Waals surface area contributed by atoms with Gasteiger partial charge >= 0.3 is 0 Å². The van der Waals surface area contributed by atoms with Crippen molar-refractivity contribution in [2.75, 3.05) is 0 Å².